The minimum atomic E-state index is -0.372. The zero-order valence-electron chi connectivity index (χ0n) is 20.7. The van der Waals surface area contributed by atoms with Gasteiger partial charge in [0.2, 0.25) is 0 Å². The second-order valence-corrected chi connectivity index (χ2v) is 8.81. The number of esters is 1. The van der Waals surface area contributed by atoms with Crippen LogP contribution >= 0.6 is 0 Å². The van der Waals surface area contributed by atoms with Gasteiger partial charge >= 0.3 is 5.97 Å². The molecule has 2 aromatic rings. The summed E-state index contributed by atoms with van der Waals surface area (Å²) in [5, 5.41) is 0. The van der Waals surface area contributed by atoms with Crippen LogP contribution < -0.4 is 9.47 Å². The molecule has 0 N–H and O–H groups in total. The van der Waals surface area contributed by atoms with E-state index in [0.717, 1.165) is 30.7 Å². The van der Waals surface area contributed by atoms with Gasteiger partial charge in [0.1, 0.15) is 11.5 Å². The van der Waals surface area contributed by atoms with Crippen LogP contribution in [0.5, 0.6) is 11.5 Å². The monoisotopic (exact) mass is 451 g/mol. The molecule has 0 radical (unpaired) electrons. The number of hydrogen-bond donors (Lipinski definition) is 0. The van der Waals surface area contributed by atoms with Gasteiger partial charge in [-0.05, 0) is 66.4 Å². The zero-order valence-corrected chi connectivity index (χ0v) is 20.7. The molecular weight excluding hydrogens is 410 g/mol. The van der Waals surface area contributed by atoms with Gasteiger partial charge in [-0.15, -0.1) is 0 Å². The molecule has 2 rings (SSSR count). The Morgan fingerprint density at radius 3 is 2.09 bits per heavy atom. The van der Waals surface area contributed by atoms with Crippen molar-refractivity contribution in [2.45, 2.75) is 78.6 Å². The highest BCUT2D eigenvalue weighted by atomic mass is 16.5. The SMILES string of the molecule is CCCCCCCCCCOc1ccc(C(=O)Oc2ccc(/C=N/C[C@@H](C)CC)cc2)cc1. The molecule has 180 valence electrons. The maximum atomic E-state index is 12.4. The number of hydrogen-bond acceptors (Lipinski definition) is 4. The van der Waals surface area contributed by atoms with Gasteiger partial charge < -0.3 is 9.47 Å². The van der Waals surface area contributed by atoms with E-state index in [1.807, 2.05) is 30.5 Å². The summed E-state index contributed by atoms with van der Waals surface area (Å²) in [6, 6.07) is 14.6. The summed E-state index contributed by atoms with van der Waals surface area (Å²) in [5.74, 6) is 1.52. The lowest BCUT2D eigenvalue weighted by Crippen LogP contribution is -2.08. The number of rotatable bonds is 16. The summed E-state index contributed by atoms with van der Waals surface area (Å²) in [6.45, 7) is 8.15. The molecule has 0 spiro atoms. The Morgan fingerprint density at radius 1 is 0.848 bits per heavy atom. The Kier molecular flexibility index (Phi) is 13.0. The second kappa shape index (κ2) is 16.1. The van der Waals surface area contributed by atoms with Crippen molar-refractivity contribution in [2.24, 2.45) is 10.9 Å². The molecule has 0 amide bonds. The van der Waals surface area contributed by atoms with E-state index in [1.54, 1.807) is 24.3 Å². The molecular formula is C29H41NO3. The van der Waals surface area contributed by atoms with Crippen LogP contribution in [0.15, 0.2) is 53.5 Å². The highest BCUT2D eigenvalue weighted by Crippen LogP contribution is 2.17. The summed E-state index contributed by atoms with van der Waals surface area (Å²) in [4.78, 5) is 16.9. The number of unbranched alkanes of at least 4 members (excludes halogenated alkanes) is 7. The highest BCUT2D eigenvalue weighted by Gasteiger charge is 2.09. The Labute approximate surface area is 200 Å². The Bertz CT molecular complexity index is 812. The molecule has 0 unspecified atom stereocenters. The molecule has 0 aliphatic rings. The average molecular weight is 452 g/mol. The number of ether oxygens (including phenoxy) is 2. The fourth-order valence-corrected chi connectivity index (χ4v) is 3.37. The van der Waals surface area contributed by atoms with Crippen LogP contribution in [0.2, 0.25) is 0 Å². The molecule has 2 aromatic carbocycles. The van der Waals surface area contributed by atoms with Crippen molar-refractivity contribution in [3.8, 4) is 11.5 Å². The second-order valence-electron chi connectivity index (χ2n) is 8.81. The van der Waals surface area contributed by atoms with Crippen molar-refractivity contribution in [1.82, 2.24) is 0 Å². The molecule has 0 aromatic heterocycles. The highest BCUT2D eigenvalue weighted by molar-refractivity contribution is 5.91. The van der Waals surface area contributed by atoms with Gasteiger partial charge in [0.25, 0.3) is 0 Å². The number of benzene rings is 2. The van der Waals surface area contributed by atoms with Crippen molar-refractivity contribution in [3.63, 3.8) is 0 Å². The van der Waals surface area contributed by atoms with E-state index in [0.29, 0.717) is 23.8 Å². The molecule has 0 bridgehead atoms. The van der Waals surface area contributed by atoms with Crippen LogP contribution in [0.1, 0.15) is 94.5 Å². The van der Waals surface area contributed by atoms with Crippen molar-refractivity contribution >= 4 is 12.2 Å². The summed E-state index contributed by atoms with van der Waals surface area (Å²) >= 11 is 0. The maximum absolute atomic E-state index is 12.4. The minimum Gasteiger partial charge on any atom is -0.494 e. The lowest BCUT2D eigenvalue weighted by Gasteiger charge is -2.08. The molecule has 0 fully saturated rings. The lowest BCUT2D eigenvalue weighted by atomic mass is 10.1. The maximum Gasteiger partial charge on any atom is 0.343 e. The molecule has 1 atom stereocenters. The summed E-state index contributed by atoms with van der Waals surface area (Å²) < 4.78 is 11.3. The smallest absolute Gasteiger partial charge is 0.343 e. The number of nitrogens with zero attached hydrogens (tertiary/aromatic N) is 1. The van der Waals surface area contributed by atoms with E-state index >= 15 is 0 Å². The van der Waals surface area contributed by atoms with Gasteiger partial charge in [-0.25, -0.2) is 4.79 Å². The molecule has 0 heterocycles. The molecule has 0 aliphatic heterocycles. The van der Waals surface area contributed by atoms with Gasteiger partial charge in [-0.2, -0.15) is 0 Å². The summed E-state index contributed by atoms with van der Waals surface area (Å²) in [5.41, 5.74) is 1.50. The fourth-order valence-electron chi connectivity index (χ4n) is 3.37. The normalized spacial score (nSPS) is 12.1. The van der Waals surface area contributed by atoms with Gasteiger partial charge in [0.15, 0.2) is 0 Å². The van der Waals surface area contributed by atoms with Crippen molar-refractivity contribution in [3.05, 3.63) is 59.7 Å². The summed E-state index contributed by atoms with van der Waals surface area (Å²) in [7, 11) is 0. The third-order valence-corrected chi connectivity index (χ3v) is 5.80. The van der Waals surface area contributed by atoms with Crippen LogP contribution in [0.3, 0.4) is 0 Å². The predicted molar refractivity (Wildman–Crippen MR) is 138 cm³/mol. The first-order chi connectivity index (χ1) is 16.1. The fraction of sp³-hybridized carbons (Fsp3) is 0.517. The standard InChI is InChI=1S/C29H41NO3/c1-4-6-7-8-9-10-11-12-21-32-27-19-15-26(16-20-27)29(31)33-28-17-13-25(14-18-28)23-30-22-24(3)5-2/h13-20,23-24H,4-12,21-22H2,1-3H3/b30-23+/t24-/m0/s1. The predicted octanol–water partition coefficient (Wildman–Crippen LogP) is 7.89. The van der Waals surface area contributed by atoms with Gasteiger partial charge in [0.05, 0.1) is 12.2 Å². The van der Waals surface area contributed by atoms with Crippen molar-refractivity contribution in [2.75, 3.05) is 13.2 Å². The number of carbonyl (C=O) groups excluding carboxylic acids is 1. The quantitative estimate of drug-likeness (QED) is 0.113. The van der Waals surface area contributed by atoms with E-state index in [-0.39, 0.29) is 5.97 Å². The average Bonchev–Trinajstić information content (AvgIpc) is 2.84. The third kappa shape index (κ3) is 11.2. The van der Waals surface area contributed by atoms with E-state index in [4.69, 9.17) is 9.47 Å². The lowest BCUT2D eigenvalue weighted by molar-refractivity contribution is 0.0734. The van der Waals surface area contributed by atoms with Gasteiger partial charge in [-0.1, -0.05) is 72.1 Å². The Balaban J connectivity index is 1.69. The van der Waals surface area contributed by atoms with Gasteiger partial charge in [0, 0.05) is 12.8 Å². The largest absolute Gasteiger partial charge is 0.494 e. The number of aliphatic imine (C=N–C) groups is 1. The van der Waals surface area contributed by atoms with E-state index in [2.05, 4.69) is 25.8 Å². The Hall–Kier alpha value is -2.62. The van der Waals surface area contributed by atoms with Crippen molar-refractivity contribution < 1.29 is 14.3 Å². The topological polar surface area (TPSA) is 47.9 Å². The molecule has 4 heteroatoms. The zero-order chi connectivity index (χ0) is 23.7. The van der Waals surface area contributed by atoms with E-state index in [9.17, 15) is 4.79 Å². The molecule has 0 aliphatic carbocycles. The molecule has 33 heavy (non-hydrogen) atoms. The van der Waals surface area contributed by atoms with Crippen LogP contribution in [-0.4, -0.2) is 25.3 Å². The van der Waals surface area contributed by atoms with Crippen LogP contribution in [0, 0.1) is 5.92 Å². The first kappa shape index (κ1) is 26.6. The van der Waals surface area contributed by atoms with Gasteiger partial charge in [-0.3, -0.25) is 4.99 Å². The van der Waals surface area contributed by atoms with Crippen LogP contribution in [0.25, 0.3) is 0 Å². The third-order valence-electron chi connectivity index (χ3n) is 5.80. The number of carbonyl (C=O) groups is 1. The van der Waals surface area contributed by atoms with E-state index in [1.165, 1.54) is 44.9 Å². The Morgan fingerprint density at radius 2 is 1.45 bits per heavy atom. The van der Waals surface area contributed by atoms with Crippen molar-refractivity contribution in [1.29, 1.82) is 0 Å². The molecule has 4 nitrogen and oxygen atoms in total. The van der Waals surface area contributed by atoms with Crippen LogP contribution in [0.4, 0.5) is 0 Å². The summed E-state index contributed by atoms with van der Waals surface area (Å²) in [6.07, 6.45) is 13.2. The minimum absolute atomic E-state index is 0.372. The van der Waals surface area contributed by atoms with Crippen LogP contribution in [-0.2, 0) is 0 Å². The first-order valence-electron chi connectivity index (χ1n) is 12.7. The molecule has 0 saturated carbocycles. The van der Waals surface area contributed by atoms with E-state index < -0.39 is 0 Å². The first-order valence-corrected chi connectivity index (χ1v) is 12.7. The molecule has 0 saturated heterocycles.